The molecule has 28 heavy (non-hydrogen) atoms. The number of rotatable bonds is 9. The van der Waals surface area contributed by atoms with Crippen LogP contribution in [0.4, 0.5) is 17.5 Å². The van der Waals surface area contributed by atoms with Crippen molar-refractivity contribution in [2.24, 2.45) is 0 Å². The van der Waals surface area contributed by atoms with Gasteiger partial charge in [-0.2, -0.15) is 4.98 Å². The van der Waals surface area contributed by atoms with Gasteiger partial charge in [0.15, 0.2) is 0 Å². The lowest BCUT2D eigenvalue weighted by molar-refractivity contribution is 0.340. The van der Waals surface area contributed by atoms with Gasteiger partial charge in [0, 0.05) is 30.4 Å². The van der Waals surface area contributed by atoms with E-state index in [4.69, 9.17) is 4.74 Å². The van der Waals surface area contributed by atoms with Gasteiger partial charge in [0.2, 0.25) is 5.95 Å². The highest BCUT2D eigenvalue weighted by Gasteiger charge is 2.07. The van der Waals surface area contributed by atoms with E-state index in [1.165, 1.54) is 0 Å². The van der Waals surface area contributed by atoms with Crippen LogP contribution in [-0.2, 0) is 0 Å². The van der Waals surface area contributed by atoms with E-state index in [-0.39, 0.29) is 0 Å². The van der Waals surface area contributed by atoms with Gasteiger partial charge in [0.1, 0.15) is 11.6 Å². The minimum Gasteiger partial charge on any atom is -0.494 e. The molecule has 0 aliphatic heterocycles. The Morgan fingerprint density at radius 3 is 2.39 bits per heavy atom. The van der Waals surface area contributed by atoms with E-state index in [0.29, 0.717) is 12.6 Å². The van der Waals surface area contributed by atoms with E-state index < -0.39 is 0 Å². The summed E-state index contributed by atoms with van der Waals surface area (Å²) in [5.41, 5.74) is 2.87. The molecular formula is C22H27N5O. The summed E-state index contributed by atoms with van der Waals surface area (Å²) in [6.45, 7) is 4.30. The quantitative estimate of drug-likeness (QED) is 0.581. The molecule has 0 aliphatic rings. The predicted octanol–water partition coefficient (Wildman–Crippen LogP) is 4.26. The number of anilines is 3. The highest BCUT2D eigenvalue weighted by Crippen LogP contribution is 2.24. The van der Waals surface area contributed by atoms with Crippen LogP contribution in [0.3, 0.4) is 0 Å². The lowest BCUT2D eigenvalue weighted by atomic mass is 10.1. The van der Waals surface area contributed by atoms with Gasteiger partial charge in [-0.1, -0.05) is 30.3 Å². The summed E-state index contributed by atoms with van der Waals surface area (Å²) in [5, 5.41) is 6.68. The molecule has 0 fully saturated rings. The van der Waals surface area contributed by atoms with Crippen LogP contribution < -0.4 is 15.4 Å². The molecule has 1 aromatic heterocycles. The minimum absolute atomic E-state index is 0.608. The third kappa shape index (κ3) is 5.69. The fourth-order valence-electron chi connectivity index (χ4n) is 2.69. The van der Waals surface area contributed by atoms with Crippen LogP contribution in [0.1, 0.15) is 6.92 Å². The molecule has 6 heteroatoms. The number of hydrogen-bond donors (Lipinski definition) is 2. The molecule has 0 spiro atoms. The minimum atomic E-state index is 0.608. The van der Waals surface area contributed by atoms with E-state index in [1.807, 2.05) is 81.7 Å². The molecule has 3 rings (SSSR count). The number of likely N-dealkylation sites (N-methyl/N-ethyl adjacent to an activating group) is 1. The second-order valence-corrected chi connectivity index (χ2v) is 6.64. The second-order valence-electron chi connectivity index (χ2n) is 6.64. The standard InChI is InChI=1S/C22H27N5O/c1-4-28-19-12-10-18(11-13-19)24-21-16-20(17-8-6-5-7-9-17)25-22(26-21)23-14-15-27(2)3/h5-13,16H,4,14-15H2,1-3H3,(H2,23,24,25,26). The summed E-state index contributed by atoms with van der Waals surface area (Å²) in [6, 6.07) is 19.9. The van der Waals surface area contributed by atoms with Crippen molar-refractivity contribution in [1.82, 2.24) is 14.9 Å². The number of aromatic nitrogens is 2. The summed E-state index contributed by atoms with van der Waals surface area (Å²) in [6.07, 6.45) is 0. The van der Waals surface area contributed by atoms with E-state index in [1.54, 1.807) is 0 Å². The van der Waals surface area contributed by atoms with Crippen molar-refractivity contribution in [1.29, 1.82) is 0 Å². The van der Waals surface area contributed by atoms with Gasteiger partial charge in [0.25, 0.3) is 0 Å². The van der Waals surface area contributed by atoms with Crippen LogP contribution in [-0.4, -0.2) is 48.7 Å². The molecule has 0 bridgehead atoms. The molecule has 0 saturated carbocycles. The van der Waals surface area contributed by atoms with Crippen LogP contribution in [0.15, 0.2) is 60.7 Å². The van der Waals surface area contributed by atoms with Gasteiger partial charge in [-0.15, -0.1) is 0 Å². The first-order chi connectivity index (χ1) is 13.6. The molecule has 2 N–H and O–H groups in total. The zero-order chi connectivity index (χ0) is 19.8. The first-order valence-electron chi connectivity index (χ1n) is 9.47. The number of nitrogens with one attached hydrogen (secondary N) is 2. The fraction of sp³-hybridized carbons (Fsp3) is 0.273. The van der Waals surface area contributed by atoms with Gasteiger partial charge in [-0.3, -0.25) is 0 Å². The predicted molar refractivity (Wildman–Crippen MR) is 115 cm³/mol. The number of ether oxygens (including phenoxy) is 1. The molecular weight excluding hydrogens is 350 g/mol. The fourth-order valence-corrected chi connectivity index (χ4v) is 2.69. The summed E-state index contributed by atoms with van der Waals surface area (Å²) >= 11 is 0. The van der Waals surface area contributed by atoms with E-state index in [2.05, 4.69) is 25.5 Å². The van der Waals surface area contributed by atoms with Crippen molar-refractivity contribution >= 4 is 17.5 Å². The van der Waals surface area contributed by atoms with Gasteiger partial charge in [-0.25, -0.2) is 4.98 Å². The van der Waals surface area contributed by atoms with Gasteiger partial charge in [-0.05, 0) is 45.3 Å². The van der Waals surface area contributed by atoms with E-state index in [0.717, 1.165) is 41.6 Å². The van der Waals surface area contributed by atoms with Crippen molar-refractivity contribution in [2.75, 3.05) is 44.4 Å². The molecule has 0 aliphatic carbocycles. The molecule has 0 unspecified atom stereocenters. The van der Waals surface area contributed by atoms with Crippen LogP contribution in [0.2, 0.25) is 0 Å². The van der Waals surface area contributed by atoms with Gasteiger partial charge in [0.05, 0.1) is 12.3 Å². The molecule has 0 radical (unpaired) electrons. The Morgan fingerprint density at radius 2 is 1.71 bits per heavy atom. The maximum Gasteiger partial charge on any atom is 0.225 e. The van der Waals surface area contributed by atoms with Crippen molar-refractivity contribution in [3.05, 3.63) is 60.7 Å². The second kappa shape index (κ2) is 9.71. The SMILES string of the molecule is CCOc1ccc(Nc2cc(-c3ccccc3)nc(NCCN(C)C)n2)cc1. The highest BCUT2D eigenvalue weighted by atomic mass is 16.5. The molecule has 6 nitrogen and oxygen atoms in total. The van der Waals surface area contributed by atoms with Gasteiger partial charge >= 0.3 is 0 Å². The summed E-state index contributed by atoms with van der Waals surface area (Å²) < 4.78 is 5.50. The van der Waals surface area contributed by atoms with Crippen LogP contribution in [0.5, 0.6) is 5.75 Å². The summed E-state index contributed by atoms with van der Waals surface area (Å²) in [5.74, 6) is 2.20. The number of hydrogen-bond acceptors (Lipinski definition) is 6. The highest BCUT2D eigenvalue weighted by molar-refractivity contribution is 5.67. The average molecular weight is 377 g/mol. The monoisotopic (exact) mass is 377 g/mol. The van der Waals surface area contributed by atoms with Crippen LogP contribution in [0, 0.1) is 0 Å². The maximum atomic E-state index is 5.50. The Morgan fingerprint density at radius 1 is 0.964 bits per heavy atom. The lowest BCUT2D eigenvalue weighted by Gasteiger charge is -2.13. The number of nitrogens with zero attached hydrogens (tertiary/aromatic N) is 3. The Hall–Kier alpha value is -3.12. The maximum absolute atomic E-state index is 5.50. The topological polar surface area (TPSA) is 62.3 Å². The van der Waals surface area contributed by atoms with Gasteiger partial charge < -0.3 is 20.3 Å². The number of benzene rings is 2. The Bertz CT molecular complexity index is 866. The normalized spacial score (nSPS) is 10.7. The molecule has 2 aromatic carbocycles. The lowest BCUT2D eigenvalue weighted by Crippen LogP contribution is -2.21. The molecule has 3 aromatic rings. The summed E-state index contributed by atoms with van der Waals surface area (Å²) in [7, 11) is 4.09. The average Bonchev–Trinajstić information content (AvgIpc) is 2.70. The zero-order valence-electron chi connectivity index (χ0n) is 16.6. The van der Waals surface area contributed by atoms with Crippen molar-refractivity contribution in [3.63, 3.8) is 0 Å². The molecule has 0 saturated heterocycles. The molecule has 0 atom stereocenters. The molecule has 0 amide bonds. The third-order valence-electron chi connectivity index (χ3n) is 4.08. The third-order valence-corrected chi connectivity index (χ3v) is 4.08. The van der Waals surface area contributed by atoms with Crippen LogP contribution in [0.25, 0.3) is 11.3 Å². The van der Waals surface area contributed by atoms with Crippen molar-refractivity contribution in [3.8, 4) is 17.0 Å². The zero-order valence-corrected chi connectivity index (χ0v) is 16.6. The van der Waals surface area contributed by atoms with Crippen LogP contribution >= 0.6 is 0 Å². The first kappa shape index (κ1) is 19.6. The Kier molecular flexibility index (Phi) is 6.81. The van der Waals surface area contributed by atoms with E-state index >= 15 is 0 Å². The molecule has 1 heterocycles. The van der Waals surface area contributed by atoms with Crippen molar-refractivity contribution < 1.29 is 4.74 Å². The first-order valence-corrected chi connectivity index (χ1v) is 9.47. The summed E-state index contributed by atoms with van der Waals surface area (Å²) in [4.78, 5) is 11.4. The van der Waals surface area contributed by atoms with E-state index in [9.17, 15) is 0 Å². The smallest absolute Gasteiger partial charge is 0.225 e. The Balaban J connectivity index is 1.83. The van der Waals surface area contributed by atoms with Crippen molar-refractivity contribution in [2.45, 2.75) is 6.92 Å². The largest absolute Gasteiger partial charge is 0.494 e. The molecule has 146 valence electrons. The Labute approximate surface area is 166 Å².